The van der Waals surface area contributed by atoms with Gasteiger partial charge in [0.15, 0.2) is 17.9 Å². The second-order valence-corrected chi connectivity index (χ2v) is 40.1. The summed E-state index contributed by atoms with van der Waals surface area (Å²) >= 11 is 13.2. The van der Waals surface area contributed by atoms with E-state index < -0.39 is 239 Å². The van der Waals surface area contributed by atoms with Gasteiger partial charge in [-0.3, -0.25) is 101 Å². The number of hydrogen-bond acceptors (Lipinski definition) is 28. The normalized spacial score (nSPS) is 18.7. The average molecular weight is 2150 g/mol. The van der Waals surface area contributed by atoms with Crippen molar-refractivity contribution in [3.05, 3.63) is 0 Å². The molecule has 0 bridgehead atoms. The van der Waals surface area contributed by atoms with Crippen molar-refractivity contribution in [2.45, 2.75) is 365 Å². The lowest BCUT2D eigenvalue weighted by Gasteiger charge is -2.33. The van der Waals surface area contributed by atoms with Crippen molar-refractivity contribution in [3.63, 3.8) is 0 Å². The van der Waals surface area contributed by atoms with Crippen molar-refractivity contribution >= 4 is 162 Å². The molecule has 36 N–H and O–H groups in total. The van der Waals surface area contributed by atoms with Crippen LogP contribution in [0.5, 0.6) is 0 Å². The maximum Gasteiger partial charge on any atom is 0.245 e. The van der Waals surface area contributed by atoms with E-state index in [0.717, 1.165) is 0 Å². The Balaban J connectivity index is 1.95. The monoisotopic (exact) mass is 2150 g/mol. The Kier molecular flexibility index (Phi) is 61.7. The van der Waals surface area contributed by atoms with Crippen molar-refractivity contribution < 1.29 is 86.3 Å². The number of amides is 18. The Morgan fingerprint density at radius 1 is 0.277 bits per heavy atom. The molecule has 0 spiro atoms. The number of unbranched alkanes of at least 4 members (excludes halogenated alkanes) is 3. The first kappa shape index (κ1) is 131. The molecule has 18 amide bonds. The Bertz CT molecular complexity index is 4380. The predicted molar refractivity (Wildman–Crippen MR) is 575 cm³/mol. The number of carbonyl (C=O) groups is 18. The van der Waals surface area contributed by atoms with Crippen LogP contribution in [0.4, 0.5) is 0 Å². The lowest BCUT2D eigenvalue weighted by atomic mass is 9.94. The minimum Gasteiger partial charge on any atom is -0.370 e. The summed E-state index contributed by atoms with van der Waals surface area (Å²) in [5, 5.41) is 38.6. The maximum atomic E-state index is 15.2. The number of likely N-dealkylation sites (tertiary alicyclic amines) is 3. The third-order valence-corrected chi connectivity index (χ3v) is 29.0. The minimum absolute atomic E-state index is 0.0137. The van der Waals surface area contributed by atoms with Gasteiger partial charge >= 0.3 is 0 Å². The Labute approximate surface area is 887 Å². The van der Waals surface area contributed by atoms with Gasteiger partial charge in [0.2, 0.25) is 106 Å². The van der Waals surface area contributed by atoms with Crippen LogP contribution in [0.2, 0.25) is 0 Å². The molecule has 148 heavy (non-hydrogen) atoms. The van der Waals surface area contributed by atoms with E-state index in [9.17, 15) is 76.7 Å². The summed E-state index contributed by atoms with van der Waals surface area (Å²) in [6, 6.07) is -22.9. The van der Waals surface area contributed by atoms with Gasteiger partial charge in [-0.25, -0.2) is 0 Å². The molecule has 0 aliphatic carbocycles. The molecule has 24 atom stereocenters. The molecule has 842 valence electrons. The summed E-state index contributed by atoms with van der Waals surface area (Å²) in [6.45, 7) is 22.1. The molecule has 0 unspecified atom stereocenters. The lowest BCUT2D eigenvalue weighted by Crippen LogP contribution is -2.62. The molecule has 3 rings (SSSR count). The Hall–Kier alpha value is -10.8. The van der Waals surface area contributed by atoms with E-state index in [4.69, 9.17) is 63.1 Å². The van der Waals surface area contributed by atoms with Gasteiger partial charge in [-0.1, -0.05) is 122 Å². The van der Waals surface area contributed by atoms with Crippen LogP contribution in [0.25, 0.3) is 0 Å². The van der Waals surface area contributed by atoms with Crippen LogP contribution in [0.3, 0.4) is 0 Å². The molecular formula is C96H177N31O18S3. The van der Waals surface area contributed by atoms with Crippen LogP contribution >= 0.6 is 37.9 Å². The number of rotatable bonds is 71. The van der Waals surface area contributed by atoms with Crippen LogP contribution in [0.15, 0.2) is 15.0 Å². The Morgan fingerprint density at radius 3 is 0.736 bits per heavy atom. The molecule has 0 aromatic heterocycles. The molecule has 3 saturated heterocycles. The van der Waals surface area contributed by atoms with E-state index in [1.165, 1.54) is 14.7 Å². The first-order valence-corrected chi connectivity index (χ1v) is 54.4. The molecule has 0 radical (unpaired) electrons. The number of aliphatic imine (C=N–C) groups is 3. The third kappa shape index (κ3) is 43.3. The molecule has 3 aliphatic heterocycles. The van der Waals surface area contributed by atoms with Gasteiger partial charge in [-0.05, 0) is 190 Å². The first-order valence-electron chi connectivity index (χ1n) is 52.5. The van der Waals surface area contributed by atoms with E-state index in [2.05, 4.69) is 127 Å². The number of nitrogens with one attached hydrogen (secondary N) is 14. The minimum atomic E-state index is -1.51. The molecular weight excluding hydrogens is 1970 g/mol. The molecule has 0 saturated carbocycles. The largest absolute Gasteiger partial charge is 0.370 e. The first-order chi connectivity index (χ1) is 70.2. The number of hydrogen-bond donors (Lipinski definition) is 28. The van der Waals surface area contributed by atoms with Crippen LogP contribution in [-0.2, 0) is 86.3 Å². The van der Waals surface area contributed by atoms with E-state index in [0.29, 0.717) is 89.9 Å². The van der Waals surface area contributed by atoms with Gasteiger partial charge < -0.3 is 152 Å². The van der Waals surface area contributed by atoms with Crippen molar-refractivity contribution in [1.82, 2.24) is 89.1 Å². The highest BCUT2D eigenvalue weighted by molar-refractivity contribution is 7.80. The zero-order valence-electron chi connectivity index (χ0n) is 88.7. The number of guanidine groups is 3. The van der Waals surface area contributed by atoms with Gasteiger partial charge in [0.25, 0.3) is 0 Å². The molecule has 3 aliphatic rings. The second kappa shape index (κ2) is 69.5. The quantitative estimate of drug-likeness (QED) is 0.0118. The zero-order chi connectivity index (χ0) is 111. The van der Waals surface area contributed by atoms with E-state index in [1.54, 1.807) is 69.2 Å². The highest BCUT2D eigenvalue weighted by Gasteiger charge is 2.47. The number of nitrogens with zero attached hydrogens (tertiary/aromatic N) is 6. The molecule has 3 heterocycles. The van der Waals surface area contributed by atoms with Gasteiger partial charge in [-0.15, -0.1) is 0 Å². The fourth-order valence-electron chi connectivity index (χ4n) is 17.4. The molecule has 0 aromatic carbocycles. The van der Waals surface area contributed by atoms with Gasteiger partial charge in [0.05, 0.1) is 6.04 Å². The number of carbonyl (C=O) groups excluding carboxylic acids is 18. The standard InChI is InChI=1S/C96H177N31O18S3/c1-13-52(7)70(100)86(138)117-64(49-146)80(132)111-58(34-25-43-108-94(102)103)77(129)115-62(32-20-23-41-98)92(144)126-47-29-38-68(126)84(136)121-74(56(11)17-5)89(141)124-73(55(10)16-4)88(140)119-66(51-148)82(134)113-60(36-27-45-110-96(106)107)79(131)116-63(33-21-24-42-99)93(145)127-48-30-39-69(127)85(137)122-75(57(12)18-6)90(142)123-72(54(9)15-3)87(139)118-65(50-147)81(133)112-59(35-26-44-109-95(104)105)78(130)114-61(31-19-22-40-97)91(143)125-46-28-37-67(125)83(135)120-71(76(101)128)53(8)14-2/h52-75,146-148H,13-51,97-100H2,1-12H3,(H2,101,128)(H,111,132)(H,112,133)(H,113,134)(H,114,130)(H,115,129)(H,116,131)(H,117,138)(H,118,139)(H,119,140)(H,120,135)(H,121,136)(H,122,137)(H,123,142)(H,124,141)(H4,102,103,108)(H4,104,105,109)(H4,106,107,110)/t52-,53-,54-,55-,56-,57-,58-,59-,60-,61-,62-,63-,64-,65-,66-,67-,68-,69-,70-,71-,72-,73-,74-,75-/m0/s1. The second-order valence-electron chi connectivity index (χ2n) is 39.0. The number of primary amides is 1. The van der Waals surface area contributed by atoms with E-state index >= 15 is 9.59 Å². The molecule has 49 nitrogen and oxygen atoms in total. The van der Waals surface area contributed by atoms with Crippen molar-refractivity contribution in [2.24, 2.45) is 114 Å². The fraction of sp³-hybridized carbons (Fsp3) is 0.781. The molecule has 0 aromatic rings. The number of nitrogens with two attached hydrogens (primary N) is 11. The van der Waals surface area contributed by atoms with Crippen molar-refractivity contribution in [2.75, 3.05) is 76.2 Å². The zero-order valence-corrected chi connectivity index (χ0v) is 91.3. The summed E-state index contributed by atoms with van der Waals surface area (Å²) in [5.41, 5.74) is 63.4. The summed E-state index contributed by atoms with van der Waals surface area (Å²) in [6.07, 6.45) is 6.47. The predicted octanol–water partition coefficient (Wildman–Crippen LogP) is -4.83. The molecule has 52 heteroatoms. The van der Waals surface area contributed by atoms with Crippen LogP contribution < -0.4 is 138 Å². The summed E-state index contributed by atoms with van der Waals surface area (Å²) in [4.78, 5) is 277. The SMILES string of the molecule is CC[C@H](C)[C@H](N)C(=O)N[C@@H](CS)C(=O)N[C@@H](CCCN=C(N)N)C(=O)N[C@@H](CCCCN)C(=O)N1CCC[C@H]1C(=O)N[C@H](C(=O)N[C@H](C(=O)N[C@@H](CS)C(=O)N[C@@H](CCCN=C(N)N)C(=O)N[C@@H](CCCCN)C(=O)N1CCC[C@H]1C(=O)N[C@H](C(=O)N[C@H](C(=O)N[C@@H](CS)C(=O)N[C@@H](CCCN=C(N)N)C(=O)N[C@@H](CCCCN)C(=O)N1CCC[C@H]1C(=O)N[C@H](C(N)=O)[C@@H](C)CC)[C@@H](C)CC)[C@@H](C)CC)[C@@H](C)CC)[C@@H](C)CC. The summed E-state index contributed by atoms with van der Waals surface area (Å²) in [5.74, 6) is -18.2. The molecule has 3 fully saturated rings. The van der Waals surface area contributed by atoms with Crippen molar-refractivity contribution in [3.8, 4) is 0 Å². The highest BCUT2D eigenvalue weighted by atomic mass is 32.1. The third-order valence-electron chi connectivity index (χ3n) is 27.9. The maximum absolute atomic E-state index is 15.2. The van der Waals surface area contributed by atoms with Gasteiger partial charge in [-0.2, -0.15) is 37.9 Å². The number of thiol groups is 3. The van der Waals surface area contributed by atoms with Crippen molar-refractivity contribution in [1.29, 1.82) is 0 Å². The van der Waals surface area contributed by atoms with E-state index in [-0.39, 0.29) is 189 Å². The van der Waals surface area contributed by atoms with Crippen LogP contribution in [-0.4, -0.2) is 324 Å². The summed E-state index contributed by atoms with van der Waals surface area (Å²) < 4.78 is 0. The van der Waals surface area contributed by atoms with Gasteiger partial charge in [0.1, 0.15) is 103 Å². The topological polar surface area (TPSA) is 809 Å². The average Bonchev–Trinajstić information content (AvgIpc) is 1.60. The highest BCUT2D eigenvalue weighted by Crippen LogP contribution is 2.27. The summed E-state index contributed by atoms with van der Waals surface area (Å²) in [7, 11) is 0. The van der Waals surface area contributed by atoms with Gasteiger partial charge in [0, 0.05) is 56.5 Å². The van der Waals surface area contributed by atoms with Crippen LogP contribution in [0, 0.1) is 35.5 Å². The lowest BCUT2D eigenvalue weighted by molar-refractivity contribution is -0.143. The smallest absolute Gasteiger partial charge is 0.245 e. The Morgan fingerprint density at radius 2 is 0.493 bits per heavy atom. The fourth-order valence-corrected chi connectivity index (χ4v) is 18.1. The van der Waals surface area contributed by atoms with E-state index in [1.807, 2.05) is 13.8 Å². The van der Waals surface area contributed by atoms with Crippen LogP contribution in [0.1, 0.15) is 256 Å².